The van der Waals surface area contributed by atoms with Gasteiger partial charge in [0.25, 0.3) is 11.6 Å². The van der Waals surface area contributed by atoms with E-state index in [1.807, 2.05) is 6.92 Å². The first-order valence-corrected chi connectivity index (χ1v) is 7.11. The molecule has 108 valence electrons. The SMILES string of the molecule is CCCC1(O)CN(C(=O)c2cc([N+](=O)[O-])ccc2Br)C1. The van der Waals surface area contributed by atoms with E-state index in [1.165, 1.54) is 23.1 Å². The second kappa shape index (κ2) is 5.49. The Morgan fingerprint density at radius 1 is 1.55 bits per heavy atom. The Bertz CT molecular complexity index is 555. The lowest BCUT2D eigenvalue weighted by atomic mass is 9.89. The molecule has 0 unspecified atom stereocenters. The second-order valence-electron chi connectivity index (χ2n) is 5.06. The van der Waals surface area contributed by atoms with Gasteiger partial charge in [0.1, 0.15) is 0 Å². The number of rotatable bonds is 4. The first-order valence-electron chi connectivity index (χ1n) is 6.32. The van der Waals surface area contributed by atoms with Crippen molar-refractivity contribution in [2.24, 2.45) is 0 Å². The molecule has 6 nitrogen and oxygen atoms in total. The van der Waals surface area contributed by atoms with Crippen LogP contribution in [0.4, 0.5) is 5.69 Å². The van der Waals surface area contributed by atoms with Gasteiger partial charge in [0, 0.05) is 16.6 Å². The first kappa shape index (κ1) is 14.9. The monoisotopic (exact) mass is 342 g/mol. The van der Waals surface area contributed by atoms with Gasteiger partial charge < -0.3 is 10.0 Å². The summed E-state index contributed by atoms with van der Waals surface area (Å²) in [6.45, 7) is 2.52. The molecular formula is C13H15BrN2O4. The third-order valence-corrected chi connectivity index (χ3v) is 4.06. The van der Waals surface area contributed by atoms with Crippen molar-refractivity contribution in [3.05, 3.63) is 38.3 Å². The van der Waals surface area contributed by atoms with Crippen LogP contribution in [0.15, 0.2) is 22.7 Å². The molecule has 7 heteroatoms. The number of non-ortho nitro benzene ring substituents is 1. The summed E-state index contributed by atoms with van der Waals surface area (Å²) >= 11 is 3.23. The molecule has 0 atom stereocenters. The van der Waals surface area contributed by atoms with Gasteiger partial charge in [-0.15, -0.1) is 0 Å². The van der Waals surface area contributed by atoms with E-state index in [9.17, 15) is 20.0 Å². The third-order valence-electron chi connectivity index (χ3n) is 3.36. The zero-order valence-electron chi connectivity index (χ0n) is 11.0. The van der Waals surface area contributed by atoms with Gasteiger partial charge >= 0.3 is 0 Å². The van der Waals surface area contributed by atoms with Gasteiger partial charge in [-0.3, -0.25) is 14.9 Å². The summed E-state index contributed by atoms with van der Waals surface area (Å²) in [4.78, 5) is 24.0. The van der Waals surface area contributed by atoms with Gasteiger partial charge in [-0.2, -0.15) is 0 Å². The lowest BCUT2D eigenvalue weighted by Gasteiger charge is -2.46. The van der Waals surface area contributed by atoms with Crippen LogP contribution in [0.2, 0.25) is 0 Å². The van der Waals surface area contributed by atoms with Crippen LogP contribution >= 0.6 is 15.9 Å². The van der Waals surface area contributed by atoms with Crippen molar-refractivity contribution in [3.8, 4) is 0 Å². The second-order valence-corrected chi connectivity index (χ2v) is 5.91. The Kier molecular flexibility index (Phi) is 4.10. The molecule has 20 heavy (non-hydrogen) atoms. The molecule has 1 saturated heterocycles. The minimum atomic E-state index is -0.808. The third kappa shape index (κ3) is 2.83. The normalized spacial score (nSPS) is 16.6. The molecule has 0 aliphatic carbocycles. The molecule has 1 fully saturated rings. The number of nitro groups is 1. The summed E-state index contributed by atoms with van der Waals surface area (Å²) in [5.41, 5.74) is -0.684. The van der Waals surface area contributed by atoms with Crippen molar-refractivity contribution >= 4 is 27.5 Å². The van der Waals surface area contributed by atoms with Crippen LogP contribution in [-0.2, 0) is 0 Å². The average Bonchev–Trinajstić information content (AvgIpc) is 2.35. The summed E-state index contributed by atoms with van der Waals surface area (Å²) in [6.07, 6.45) is 1.49. The molecule has 1 aromatic rings. The highest BCUT2D eigenvalue weighted by atomic mass is 79.9. The molecule has 0 aromatic heterocycles. The van der Waals surface area contributed by atoms with Gasteiger partial charge in [-0.1, -0.05) is 13.3 Å². The Balaban J connectivity index is 2.15. The fraction of sp³-hybridized carbons (Fsp3) is 0.462. The summed E-state index contributed by atoms with van der Waals surface area (Å²) in [5, 5.41) is 20.8. The van der Waals surface area contributed by atoms with Crippen LogP contribution in [0.1, 0.15) is 30.1 Å². The van der Waals surface area contributed by atoms with E-state index in [0.29, 0.717) is 10.9 Å². The van der Waals surface area contributed by atoms with E-state index in [1.54, 1.807) is 0 Å². The molecule has 1 heterocycles. The Morgan fingerprint density at radius 3 is 2.75 bits per heavy atom. The molecule has 0 radical (unpaired) electrons. The number of halogens is 1. The summed E-state index contributed by atoms with van der Waals surface area (Å²) in [5.74, 6) is -0.304. The number of nitrogens with zero attached hydrogens (tertiary/aromatic N) is 2. The fourth-order valence-corrected chi connectivity index (χ4v) is 2.81. The number of carbonyl (C=O) groups is 1. The van der Waals surface area contributed by atoms with Crippen molar-refractivity contribution in [2.75, 3.05) is 13.1 Å². The maximum Gasteiger partial charge on any atom is 0.270 e. The molecule has 1 amide bonds. The number of likely N-dealkylation sites (tertiary alicyclic amines) is 1. The number of β-amino-alcohol motifs (C(OH)–C–C–N with tert-alkyl or cyclic N) is 1. The lowest BCUT2D eigenvalue weighted by Crippen LogP contribution is -2.63. The summed E-state index contributed by atoms with van der Waals surface area (Å²) in [6, 6.07) is 4.08. The van der Waals surface area contributed by atoms with Crippen molar-refractivity contribution in [1.82, 2.24) is 4.90 Å². The molecule has 0 bridgehead atoms. The highest BCUT2D eigenvalue weighted by molar-refractivity contribution is 9.10. The molecule has 0 saturated carbocycles. The fourth-order valence-electron chi connectivity index (χ4n) is 2.39. The zero-order chi connectivity index (χ0) is 14.9. The standard InChI is InChI=1S/C13H15BrN2O4/c1-2-5-13(18)7-15(8-13)12(17)10-6-9(16(19)20)3-4-11(10)14/h3-4,6,18H,2,5,7-8H2,1H3. The number of amides is 1. The highest BCUT2D eigenvalue weighted by Gasteiger charge is 2.43. The van der Waals surface area contributed by atoms with Gasteiger partial charge in [-0.05, 0) is 28.4 Å². The van der Waals surface area contributed by atoms with E-state index < -0.39 is 10.5 Å². The summed E-state index contributed by atoms with van der Waals surface area (Å²) < 4.78 is 0.513. The molecular weight excluding hydrogens is 328 g/mol. The molecule has 1 aliphatic rings. The topological polar surface area (TPSA) is 83.7 Å². The number of benzene rings is 1. The number of hydrogen-bond acceptors (Lipinski definition) is 4. The maximum absolute atomic E-state index is 12.3. The van der Waals surface area contributed by atoms with Crippen LogP contribution in [0.5, 0.6) is 0 Å². The Morgan fingerprint density at radius 2 is 2.20 bits per heavy atom. The number of carbonyl (C=O) groups excluding carboxylic acids is 1. The van der Waals surface area contributed by atoms with Crippen LogP contribution in [0.25, 0.3) is 0 Å². The van der Waals surface area contributed by atoms with E-state index in [4.69, 9.17) is 0 Å². The van der Waals surface area contributed by atoms with E-state index in [-0.39, 0.29) is 30.2 Å². The van der Waals surface area contributed by atoms with Crippen LogP contribution in [-0.4, -0.2) is 39.5 Å². The van der Waals surface area contributed by atoms with Crippen molar-refractivity contribution < 1.29 is 14.8 Å². The molecule has 1 aliphatic heterocycles. The molecule has 1 aromatic carbocycles. The van der Waals surface area contributed by atoms with Crippen molar-refractivity contribution in [1.29, 1.82) is 0 Å². The van der Waals surface area contributed by atoms with Crippen LogP contribution < -0.4 is 0 Å². The van der Waals surface area contributed by atoms with Gasteiger partial charge in [-0.25, -0.2) is 0 Å². The van der Waals surface area contributed by atoms with E-state index in [0.717, 1.165) is 6.42 Å². The smallest absolute Gasteiger partial charge is 0.270 e. The summed E-state index contributed by atoms with van der Waals surface area (Å²) in [7, 11) is 0. The minimum Gasteiger partial charge on any atom is -0.386 e. The minimum absolute atomic E-state index is 0.124. The lowest BCUT2D eigenvalue weighted by molar-refractivity contribution is -0.384. The highest BCUT2D eigenvalue weighted by Crippen LogP contribution is 2.30. The zero-order valence-corrected chi connectivity index (χ0v) is 12.6. The molecule has 2 rings (SSSR count). The predicted octanol–water partition coefficient (Wildman–Crippen LogP) is 2.34. The van der Waals surface area contributed by atoms with Crippen LogP contribution in [0.3, 0.4) is 0 Å². The van der Waals surface area contributed by atoms with Crippen LogP contribution in [0, 0.1) is 10.1 Å². The predicted molar refractivity (Wildman–Crippen MR) is 76.6 cm³/mol. The van der Waals surface area contributed by atoms with Gasteiger partial charge in [0.15, 0.2) is 0 Å². The average molecular weight is 343 g/mol. The quantitative estimate of drug-likeness (QED) is 0.672. The first-order chi connectivity index (χ1) is 9.36. The molecule has 1 N–H and O–H groups in total. The van der Waals surface area contributed by atoms with Crippen molar-refractivity contribution in [3.63, 3.8) is 0 Å². The number of hydrogen-bond donors (Lipinski definition) is 1. The van der Waals surface area contributed by atoms with Gasteiger partial charge in [0.2, 0.25) is 0 Å². The van der Waals surface area contributed by atoms with Crippen molar-refractivity contribution in [2.45, 2.75) is 25.4 Å². The molecule has 0 spiro atoms. The maximum atomic E-state index is 12.3. The Labute approximate surface area is 124 Å². The van der Waals surface area contributed by atoms with Gasteiger partial charge in [0.05, 0.1) is 29.2 Å². The largest absolute Gasteiger partial charge is 0.386 e. The van der Waals surface area contributed by atoms with E-state index >= 15 is 0 Å². The Hall–Kier alpha value is -1.47. The number of aliphatic hydroxyl groups is 1. The number of nitro benzene ring substituents is 1. The van der Waals surface area contributed by atoms with E-state index in [2.05, 4.69) is 15.9 Å².